The van der Waals surface area contributed by atoms with Gasteiger partial charge in [-0.15, -0.1) is 0 Å². The number of nitrogens with one attached hydrogen (secondary N) is 1. The van der Waals surface area contributed by atoms with Gasteiger partial charge in [-0.05, 0) is 42.7 Å². The number of pyridine rings is 1. The molecule has 5 rings (SSSR count). The number of hydrogen-bond donors (Lipinski definition) is 1. The predicted molar refractivity (Wildman–Crippen MR) is 108 cm³/mol. The van der Waals surface area contributed by atoms with Gasteiger partial charge < -0.3 is 4.90 Å². The average Bonchev–Trinajstić information content (AvgIpc) is 2.74. The molecule has 2 aromatic heterocycles. The first-order chi connectivity index (χ1) is 13.7. The summed E-state index contributed by atoms with van der Waals surface area (Å²) in [5, 5.41) is 0.465. The SMILES string of the molecule is O=C1C[C@H](c2ccccc2)Cc2c1cnc1nc(N3CCCCC3)[nH]c(=O)c21. The first-order valence-electron chi connectivity index (χ1n) is 9.95. The minimum atomic E-state index is -0.198. The lowest BCUT2D eigenvalue weighted by Crippen LogP contribution is -2.33. The Morgan fingerprint density at radius 2 is 1.79 bits per heavy atom. The fourth-order valence-electron chi connectivity index (χ4n) is 4.47. The van der Waals surface area contributed by atoms with Crippen LogP contribution in [0.15, 0.2) is 41.3 Å². The third-order valence-corrected chi connectivity index (χ3v) is 5.94. The number of carbonyl (C=O) groups is 1. The van der Waals surface area contributed by atoms with Crippen LogP contribution < -0.4 is 10.5 Å². The normalized spacial score (nSPS) is 19.6. The average molecular weight is 374 g/mol. The van der Waals surface area contributed by atoms with Crippen molar-refractivity contribution in [1.82, 2.24) is 15.0 Å². The largest absolute Gasteiger partial charge is 0.342 e. The molecular weight excluding hydrogens is 352 g/mol. The first-order valence-corrected chi connectivity index (χ1v) is 9.95. The van der Waals surface area contributed by atoms with Gasteiger partial charge in [0.2, 0.25) is 5.95 Å². The number of piperidine rings is 1. The molecule has 1 N–H and O–H groups in total. The van der Waals surface area contributed by atoms with E-state index in [1.165, 1.54) is 6.42 Å². The second kappa shape index (κ2) is 6.86. The predicted octanol–water partition coefficient (Wildman–Crippen LogP) is 3.22. The standard InChI is InChI=1S/C22H22N4O2/c27-18-12-15(14-7-3-1-4-8-14)11-16-17(18)13-23-20-19(16)21(28)25-22(24-20)26-9-5-2-6-10-26/h1,3-4,7-8,13,15H,2,5-6,9-12H2,(H,23,24,25,28)/t15-/m1/s1. The lowest BCUT2D eigenvalue weighted by molar-refractivity contribution is 0.0964. The van der Waals surface area contributed by atoms with Crippen molar-refractivity contribution < 1.29 is 4.79 Å². The fourth-order valence-corrected chi connectivity index (χ4v) is 4.47. The highest BCUT2D eigenvalue weighted by molar-refractivity contribution is 6.02. The number of aromatic amines is 1. The van der Waals surface area contributed by atoms with E-state index in [9.17, 15) is 9.59 Å². The third-order valence-electron chi connectivity index (χ3n) is 5.94. The molecule has 0 bridgehead atoms. The van der Waals surface area contributed by atoms with Gasteiger partial charge in [-0.1, -0.05) is 30.3 Å². The number of rotatable bonds is 2. The van der Waals surface area contributed by atoms with E-state index < -0.39 is 0 Å². The maximum atomic E-state index is 13.0. The fraction of sp³-hybridized carbons (Fsp3) is 0.364. The van der Waals surface area contributed by atoms with Crippen LogP contribution >= 0.6 is 0 Å². The molecule has 28 heavy (non-hydrogen) atoms. The summed E-state index contributed by atoms with van der Waals surface area (Å²) in [6.45, 7) is 1.79. The maximum Gasteiger partial charge on any atom is 0.262 e. The molecule has 1 aromatic carbocycles. The van der Waals surface area contributed by atoms with E-state index in [1.807, 2.05) is 30.3 Å². The molecule has 0 unspecified atom stereocenters. The second-order valence-corrected chi connectivity index (χ2v) is 7.73. The van der Waals surface area contributed by atoms with Gasteiger partial charge >= 0.3 is 0 Å². The van der Waals surface area contributed by atoms with Gasteiger partial charge in [0.15, 0.2) is 11.4 Å². The lowest BCUT2D eigenvalue weighted by Gasteiger charge is -2.27. The van der Waals surface area contributed by atoms with E-state index in [1.54, 1.807) is 6.20 Å². The third kappa shape index (κ3) is 2.89. The van der Waals surface area contributed by atoms with Crippen molar-refractivity contribution in [2.24, 2.45) is 0 Å². The summed E-state index contributed by atoms with van der Waals surface area (Å²) in [6.07, 6.45) is 6.12. The van der Waals surface area contributed by atoms with E-state index in [4.69, 9.17) is 0 Å². The first kappa shape index (κ1) is 17.1. The summed E-state index contributed by atoms with van der Waals surface area (Å²) < 4.78 is 0. The van der Waals surface area contributed by atoms with Gasteiger partial charge in [-0.2, -0.15) is 4.98 Å². The molecule has 6 nitrogen and oxygen atoms in total. The van der Waals surface area contributed by atoms with Gasteiger partial charge in [-0.25, -0.2) is 4.98 Å². The Balaban J connectivity index is 1.61. The van der Waals surface area contributed by atoms with Crippen molar-refractivity contribution in [1.29, 1.82) is 0 Å². The van der Waals surface area contributed by atoms with E-state index in [-0.39, 0.29) is 17.3 Å². The van der Waals surface area contributed by atoms with Crippen molar-refractivity contribution in [2.45, 2.75) is 38.0 Å². The zero-order valence-electron chi connectivity index (χ0n) is 15.6. The van der Waals surface area contributed by atoms with Crippen LogP contribution in [0, 0.1) is 0 Å². The molecule has 0 radical (unpaired) electrons. The van der Waals surface area contributed by atoms with Gasteiger partial charge in [0.05, 0.1) is 5.39 Å². The van der Waals surface area contributed by atoms with E-state index >= 15 is 0 Å². The number of anilines is 1. The Kier molecular flexibility index (Phi) is 4.19. The monoisotopic (exact) mass is 374 g/mol. The molecule has 0 saturated carbocycles. The molecule has 1 saturated heterocycles. The van der Waals surface area contributed by atoms with Crippen LogP contribution in [0.5, 0.6) is 0 Å². The molecule has 1 fully saturated rings. The lowest BCUT2D eigenvalue weighted by atomic mass is 9.79. The molecule has 6 heteroatoms. The van der Waals surface area contributed by atoms with Crippen molar-refractivity contribution >= 4 is 22.8 Å². The quantitative estimate of drug-likeness (QED) is 0.745. The molecule has 2 aliphatic rings. The summed E-state index contributed by atoms with van der Waals surface area (Å²) >= 11 is 0. The Hall–Kier alpha value is -3.02. The molecular formula is C22H22N4O2. The van der Waals surface area contributed by atoms with Gasteiger partial charge in [0, 0.05) is 31.3 Å². The topological polar surface area (TPSA) is 79.0 Å². The summed E-state index contributed by atoms with van der Waals surface area (Å²) in [4.78, 5) is 39.8. The molecule has 0 amide bonds. The second-order valence-electron chi connectivity index (χ2n) is 7.73. The molecule has 1 atom stereocenters. The van der Waals surface area contributed by atoms with E-state index in [0.717, 1.165) is 37.1 Å². The van der Waals surface area contributed by atoms with Gasteiger partial charge in [-0.3, -0.25) is 14.6 Å². The van der Waals surface area contributed by atoms with Crippen LogP contribution in [0.3, 0.4) is 0 Å². The Morgan fingerprint density at radius 1 is 1.00 bits per heavy atom. The van der Waals surface area contributed by atoms with Crippen LogP contribution in [0.2, 0.25) is 0 Å². The van der Waals surface area contributed by atoms with Gasteiger partial charge in [0.1, 0.15) is 0 Å². The van der Waals surface area contributed by atoms with Crippen LogP contribution in [-0.4, -0.2) is 33.8 Å². The highest BCUT2D eigenvalue weighted by Gasteiger charge is 2.29. The summed E-state index contributed by atoms with van der Waals surface area (Å²) in [7, 11) is 0. The highest BCUT2D eigenvalue weighted by atomic mass is 16.1. The number of H-pyrrole nitrogens is 1. The Labute approximate surface area is 162 Å². The smallest absolute Gasteiger partial charge is 0.262 e. The van der Waals surface area contributed by atoms with Crippen LogP contribution in [0.25, 0.3) is 11.0 Å². The number of aromatic nitrogens is 3. The molecule has 0 spiro atoms. The van der Waals surface area contributed by atoms with E-state index in [0.29, 0.717) is 35.4 Å². The van der Waals surface area contributed by atoms with Crippen molar-refractivity contribution in [3.05, 3.63) is 63.6 Å². The van der Waals surface area contributed by atoms with Crippen molar-refractivity contribution in [3.8, 4) is 0 Å². The molecule has 3 aromatic rings. The number of ketones is 1. The number of carbonyl (C=O) groups excluding carboxylic acids is 1. The minimum Gasteiger partial charge on any atom is -0.342 e. The number of benzene rings is 1. The number of Topliss-reactive ketones (excluding diaryl/α,β-unsaturated/α-hetero) is 1. The summed E-state index contributed by atoms with van der Waals surface area (Å²) in [6, 6.07) is 10.0. The van der Waals surface area contributed by atoms with E-state index in [2.05, 4.69) is 19.9 Å². The minimum absolute atomic E-state index is 0.0454. The molecule has 142 valence electrons. The Bertz CT molecular complexity index is 1100. The number of hydrogen-bond acceptors (Lipinski definition) is 5. The maximum absolute atomic E-state index is 13.0. The molecule has 3 heterocycles. The van der Waals surface area contributed by atoms with Crippen molar-refractivity contribution in [2.75, 3.05) is 18.0 Å². The molecule has 1 aliphatic heterocycles. The highest BCUT2D eigenvalue weighted by Crippen LogP contribution is 2.34. The zero-order valence-corrected chi connectivity index (χ0v) is 15.6. The van der Waals surface area contributed by atoms with Crippen LogP contribution in [0.4, 0.5) is 5.95 Å². The Morgan fingerprint density at radius 3 is 2.57 bits per heavy atom. The number of nitrogens with zero attached hydrogens (tertiary/aromatic N) is 3. The van der Waals surface area contributed by atoms with Gasteiger partial charge in [0.25, 0.3) is 5.56 Å². The summed E-state index contributed by atoms with van der Waals surface area (Å²) in [5.74, 6) is 0.711. The van der Waals surface area contributed by atoms with Crippen molar-refractivity contribution in [3.63, 3.8) is 0 Å². The number of fused-ring (bicyclic) bond motifs is 3. The zero-order chi connectivity index (χ0) is 19.1. The molecule has 1 aliphatic carbocycles. The van der Waals surface area contributed by atoms with Crippen LogP contribution in [0.1, 0.15) is 53.1 Å². The summed E-state index contributed by atoms with van der Waals surface area (Å²) in [5.41, 5.74) is 2.72. The van der Waals surface area contributed by atoms with Crippen LogP contribution in [-0.2, 0) is 6.42 Å².